The van der Waals surface area contributed by atoms with Crippen LogP contribution in [0.4, 0.5) is 0 Å². The van der Waals surface area contributed by atoms with E-state index in [1.54, 1.807) is 0 Å². The monoisotopic (exact) mass is 364 g/mol. The summed E-state index contributed by atoms with van der Waals surface area (Å²) in [6, 6.07) is 10.9. The van der Waals surface area contributed by atoms with Gasteiger partial charge in [-0.1, -0.05) is 0 Å². The molecule has 1 saturated heterocycles. The molecule has 2 nitrogen and oxygen atoms in total. The molecule has 0 aromatic heterocycles. The third-order valence-electron chi connectivity index (χ3n) is 3.61. The standard InChI is InChI=1S/C12H16BN2.3CH3.Sn/c1-11(12-7-5-4-6-8-12)13-14(2)9-10-15(13)3;;;;/h1,4-8H,9-10H2,2-3H3;3*1H3;. The zero-order valence-corrected chi connectivity index (χ0v) is 15.7. The number of hydrogen-bond donors (Lipinski definition) is 0. The van der Waals surface area contributed by atoms with E-state index in [-0.39, 0.29) is 0 Å². The maximum atomic E-state index is 2.63. The predicted molar refractivity (Wildman–Crippen MR) is 88.8 cm³/mol. The molecule has 0 radical (unpaired) electrons. The molecule has 1 aromatic carbocycles. The molecule has 0 unspecified atom stereocenters. The van der Waals surface area contributed by atoms with Gasteiger partial charge in [-0.15, -0.1) is 0 Å². The van der Waals surface area contributed by atoms with Gasteiger partial charge in [0.05, 0.1) is 0 Å². The summed E-state index contributed by atoms with van der Waals surface area (Å²) in [5, 5.41) is 0. The van der Waals surface area contributed by atoms with Crippen molar-refractivity contribution in [2.75, 3.05) is 27.2 Å². The van der Waals surface area contributed by atoms with Gasteiger partial charge < -0.3 is 0 Å². The van der Waals surface area contributed by atoms with Crippen molar-refractivity contribution >= 4 is 30.8 Å². The van der Waals surface area contributed by atoms with Gasteiger partial charge in [-0.2, -0.15) is 0 Å². The van der Waals surface area contributed by atoms with E-state index in [0.717, 1.165) is 13.1 Å². The van der Waals surface area contributed by atoms with Crippen molar-refractivity contribution < 1.29 is 0 Å². The Balaban J connectivity index is 2.44. The Labute approximate surface area is 122 Å². The summed E-state index contributed by atoms with van der Waals surface area (Å²) >= 11 is -1.98. The Kier molecular flexibility index (Phi) is 4.80. The molecular weight excluding hydrogens is 338 g/mol. The number of benzene rings is 1. The van der Waals surface area contributed by atoms with Crippen molar-refractivity contribution in [3.8, 4) is 0 Å². The fourth-order valence-electron chi connectivity index (χ4n) is 2.78. The summed E-state index contributed by atoms with van der Waals surface area (Å²) in [6.45, 7) is 2.76. The molecule has 1 fully saturated rings. The van der Waals surface area contributed by atoms with Crippen LogP contribution in [-0.2, 0) is 0 Å². The predicted octanol–water partition coefficient (Wildman–Crippen LogP) is 2.85. The van der Waals surface area contributed by atoms with Gasteiger partial charge in [0.1, 0.15) is 0 Å². The van der Waals surface area contributed by atoms with Crippen molar-refractivity contribution in [1.82, 2.24) is 9.62 Å². The van der Waals surface area contributed by atoms with E-state index in [4.69, 9.17) is 0 Å². The Bertz CT molecular complexity index is 443. The average molecular weight is 363 g/mol. The topological polar surface area (TPSA) is 6.48 Å². The summed E-state index contributed by atoms with van der Waals surface area (Å²) in [5.41, 5.74) is 2.91. The van der Waals surface area contributed by atoms with Crippen LogP contribution >= 0.6 is 0 Å². The molecule has 0 N–H and O–H groups in total. The van der Waals surface area contributed by atoms with Crippen LogP contribution in [0.3, 0.4) is 0 Å². The summed E-state index contributed by atoms with van der Waals surface area (Å²) in [7, 11) is 4.48. The number of rotatable bonds is 3. The molecule has 19 heavy (non-hydrogen) atoms. The van der Waals surface area contributed by atoms with E-state index in [1.807, 2.05) is 0 Å². The number of likely N-dealkylation sites (N-methyl/N-ethyl adjacent to an activating group) is 2. The van der Waals surface area contributed by atoms with Crippen LogP contribution < -0.4 is 0 Å². The normalized spacial score (nSPS) is 19.2. The van der Waals surface area contributed by atoms with E-state index in [0.29, 0.717) is 6.98 Å². The van der Waals surface area contributed by atoms with E-state index >= 15 is 0 Å². The minimum absolute atomic E-state index is 0.443. The van der Waals surface area contributed by atoms with E-state index in [9.17, 15) is 0 Å². The molecule has 1 aromatic rings. The third-order valence-corrected chi connectivity index (χ3v) is 6.97. The van der Waals surface area contributed by atoms with Crippen LogP contribution in [0.2, 0.25) is 14.8 Å². The molecule has 0 saturated carbocycles. The zero-order chi connectivity index (χ0) is 14.0. The molecule has 0 spiro atoms. The van der Waals surface area contributed by atoms with Gasteiger partial charge in [-0.3, -0.25) is 0 Å². The van der Waals surface area contributed by atoms with Crippen molar-refractivity contribution in [3.05, 3.63) is 40.0 Å². The number of nitrogens with zero attached hydrogens (tertiary/aromatic N) is 2. The molecule has 0 amide bonds. The second-order valence-electron chi connectivity index (χ2n) is 6.67. The summed E-state index contributed by atoms with van der Waals surface area (Å²) in [6.07, 6.45) is 0. The molecule has 1 aliphatic heterocycles. The van der Waals surface area contributed by atoms with Crippen molar-refractivity contribution in [1.29, 1.82) is 0 Å². The molecule has 102 valence electrons. The number of hydrogen-bond acceptors (Lipinski definition) is 2. The van der Waals surface area contributed by atoms with Crippen molar-refractivity contribution in [3.63, 3.8) is 0 Å². The molecule has 1 heterocycles. The Morgan fingerprint density at radius 3 is 2.05 bits per heavy atom. The zero-order valence-electron chi connectivity index (χ0n) is 12.9. The first-order chi connectivity index (χ1) is 8.88. The minimum atomic E-state index is -1.98. The molecule has 0 aliphatic carbocycles. The average Bonchev–Trinajstić information content (AvgIpc) is 2.66. The quantitative estimate of drug-likeness (QED) is 0.763. The second-order valence-corrected chi connectivity index (χ2v) is 21.0. The SMILES string of the molecule is CN1CCN(C)B1/C(=[CH]\[Sn]([CH3])([CH3])[CH3])c1ccccc1. The molecule has 2 rings (SSSR count). The van der Waals surface area contributed by atoms with Crippen LogP contribution in [0, 0.1) is 0 Å². The Hall–Kier alpha value is -0.256. The van der Waals surface area contributed by atoms with Gasteiger partial charge in [-0.05, 0) is 0 Å². The molecule has 1 aliphatic rings. The summed E-state index contributed by atoms with van der Waals surface area (Å²) in [4.78, 5) is 12.4. The second kappa shape index (κ2) is 6.02. The molecule has 0 atom stereocenters. The first kappa shape index (κ1) is 15.1. The first-order valence-electron chi connectivity index (χ1n) is 7.07. The van der Waals surface area contributed by atoms with Crippen LogP contribution in [0.1, 0.15) is 5.56 Å². The maximum absolute atomic E-state index is 2.63. The van der Waals surface area contributed by atoms with Gasteiger partial charge in [0, 0.05) is 0 Å². The van der Waals surface area contributed by atoms with Crippen LogP contribution in [0.25, 0.3) is 5.47 Å². The van der Waals surface area contributed by atoms with E-state index in [1.165, 1.54) is 11.0 Å². The summed E-state index contributed by atoms with van der Waals surface area (Å²) in [5.74, 6) is 0. The Morgan fingerprint density at radius 2 is 1.58 bits per heavy atom. The van der Waals surface area contributed by atoms with Crippen molar-refractivity contribution in [2.45, 2.75) is 14.8 Å². The van der Waals surface area contributed by atoms with Gasteiger partial charge in [0.25, 0.3) is 0 Å². The van der Waals surface area contributed by atoms with Crippen LogP contribution in [-0.4, -0.2) is 62.2 Å². The first-order valence-corrected chi connectivity index (χ1v) is 17.3. The van der Waals surface area contributed by atoms with Gasteiger partial charge in [0.2, 0.25) is 0 Å². The van der Waals surface area contributed by atoms with Crippen LogP contribution in [0.15, 0.2) is 34.4 Å². The van der Waals surface area contributed by atoms with Gasteiger partial charge in [-0.25, -0.2) is 0 Å². The van der Waals surface area contributed by atoms with Crippen molar-refractivity contribution in [2.24, 2.45) is 0 Å². The molecular formula is C15H25BN2Sn. The van der Waals surface area contributed by atoms with Gasteiger partial charge in [0.15, 0.2) is 0 Å². The van der Waals surface area contributed by atoms with Crippen LogP contribution in [0.5, 0.6) is 0 Å². The Morgan fingerprint density at radius 1 is 1.05 bits per heavy atom. The molecule has 4 heteroatoms. The molecule has 0 bridgehead atoms. The third kappa shape index (κ3) is 3.86. The van der Waals surface area contributed by atoms with E-state index in [2.05, 4.69) is 73.0 Å². The fourth-order valence-corrected chi connectivity index (χ4v) is 6.34. The van der Waals surface area contributed by atoms with E-state index < -0.39 is 18.4 Å². The fraction of sp³-hybridized carbons (Fsp3) is 0.467. The van der Waals surface area contributed by atoms with Gasteiger partial charge >= 0.3 is 122 Å². The summed E-state index contributed by atoms with van der Waals surface area (Å²) < 4.78 is 2.63.